The van der Waals surface area contributed by atoms with Crippen LogP contribution in [-0.2, 0) is 4.79 Å². The molecule has 0 bridgehead atoms. The van der Waals surface area contributed by atoms with Crippen molar-refractivity contribution in [1.29, 1.82) is 0 Å². The molecule has 0 aromatic carbocycles. The minimum absolute atomic E-state index is 0.0847. The van der Waals surface area contributed by atoms with Crippen LogP contribution in [0, 0.1) is 0 Å². The van der Waals surface area contributed by atoms with E-state index in [1.807, 2.05) is 0 Å². The zero-order valence-corrected chi connectivity index (χ0v) is 5.72. The SMILES string of the molecule is C=CCCC[C@@H](F)C(=O)O. The van der Waals surface area contributed by atoms with E-state index in [0.29, 0.717) is 12.8 Å². The van der Waals surface area contributed by atoms with E-state index >= 15 is 0 Å². The maximum absolute atomic E-state index is 12.2. The van der Waals surface area contributed by atoms with Crippen LogP contribution in [0.3, 0.4) is 0 Å². The fraction of sp³-hybridized carbons (Fsp3) is 0.571. The molecule has 1 N–H and O–H groups in total. The molecule has 58 valence electrons. The molecule has 3 heteroatoms. The van der Waals surface area contributed by atoms with Crippen LogP contribution in [0.1, 0.15) is 19.3 Å². The summed E-state index contributed by atoms with van der Waals surface area (Å²) in [7, 11) is 0. The number of carboxylic acid groups (broad SMARTS) is 1. The Hall–Kier alpha value is -0.860. The van der Waals surface area contributed by atoms with Crippen LogP contribution in [0.15, 0.2) is 12.7 Å². The van der Waals surface area contributed by atoms with Crippen molar-refractivity contribution in [1.82, 2.24) is 0 Å². The first-order valence-corrected chi connectivity index (χ1v) is 3.16. The fourth-order valence-corrected chi connectivity index (χ4v) is 0.565. The van der Waals surface area contributed by atoms with Crippen molar-refractivity contribution in [3.05, 3.63) is 12.7 Å². The van der Waals surface area contributed by atoms with Gasteiger partial charge in [0, 0.05) is 0 Å². The lowest BCUT2D eigenvalue weighted by Gasteiger charge is -1.98. The summed E-state index contributed by atoms with van der Waals surface area (Å²) in [5.41, 5.74) is 0. The fourth-order valence-electron chi connectivity index (χ4n) is 0.565. The Morgan fingerprint density at radius 3 is 2.80 bits per heavy atom. The first kappa shape index (κ1) is 9.14. The van der Waals surface area contributed by atoms with Gasteiger partial charge in [0.15, 0.2) is 6.17 Å². The van der Waals surface area contributed by atoms with Crippen LogP contribution < -0.4 is 0 Å². The maximum Gasteiger partial charge on any atom is 0.338 e. The minimum atomic E-state index is -1.71. The van der Waals surface area contributed by atoms with Gasteiger partial charge in [-0.3, -0.25) is 0 Å². The van der Waals surface area contributed by atoms with Gasteiger partial charge in [-0.25, -0.2) is 9.18 Å². The zero-order valence-electron chi connectivity index (χ0n) is 5.72. The molecule has 0 aliphatic rings. The van der Waals surface area contributed by atoms with Gasteiger partial charge in [0.2, 0.25) is 0 Å². The van der Waals surface area contributed by atoms with Crippen LogP contribution in [0.4, 0.5) is 4.39 Å². The molecule has 0 aliphatic carbocycles. The van der Waals surface area contributed by atoms with Gasteiger partial charge in [-0.1, -0.05) is 6.08 Å². The number of carbonyl (C=O) groups is 1. The lowest BCUT2D eigenvalue weighted by Crippen LogP contribution is -2.13. The van der Waals surface area contributed by atoms with Crippen LogP contribution in [-0.4, -0.2) is 17.2 Å². The number of halogens is 1. The van der Waals surface area contributed by atoms with Crippen molar-refractivity contribution >= 4 is 5.97 Å². The Bertz CT molecular complexity index is 123. The van der Waals surface area contributed by atoms with Crippen LogP contribution >= 0.6 is 0 Å². The summed E-state index contributed by atoms with van der Waals surface area (Å²) < 4.78 is 12.2. The third-order valence-corrected chi connectivity index (χ3v) is 1.13. The minimum Gasteiger partial charge on any atom is -0.479 e. The van der Waals surface area contributed by atoms with Crippen LogP contribution in [0.2, 0.25) is 0 Å². The summed E-state index contributed by atoms with van der Waals surface area (Å²) in [6.45, 7) is 3.43. The average molecular weight is 146 g/mol. The highest BCUT2D eigenvalue weighted by molar-refractivity contribution is 5.71. The molecule has 0 saturated carbocycles. The van der Waals surface area contributed by atoms with Gasteiger partial charge in [0.1, 0.15) is 0 Å². The molecule has 0 spiro atoms. The molecule has 0 aromatic rings. The molecule has 0 aliphatic heterocycles. The van der Waals surface area contributed by atoms with Gasteiger partial charge in [-0.05, 0) is 19.3 Å². The van der Waals surface area contributed by atoms with E-state index in [1.165, 1.54) is 0 Å². The smallest absolute Gasteiger partial charge is 0.338 e. The topological polar surface area (TPSA) is 37.3 Å². The number of aliphatic carboxylic acids is 1. The van der Waals surface area contributed by atoms with E-state index in [9.17, 15) is 9.18 Å². The summed E-state index contributed by atoms with van der Waals surface area (Å²) in [6.07, 6.45) is 1.25. The van der Waals surface area contributed by atoms with Gasteiger partial charge in [-0.2, -0.15) is 0 Å². The number of hydrogen-bond acceptors (Lipinski definition) is 1. The van der Waals surface area contributed by atoms with E-state index in [1.54, 1.807) is 6.08 Å². The Labute approximate surface area is 59.4 Å². The summed E-state index contributed by atoms with van der Waals surface area (Å²) in [5, 5.41) is 8.08. The highest BCUT2D eigenvalue weighted by Gasteiger charge is 2.13. The Kier molecular flexibility index (Phi) is 4.54. The highest BCUT2D eigenvalue weighted by Crippen LogP contribution is 2.04. The molecule has 0 aromatic heterocycles. The Morgan fingerprint density at radius 1 is 1.80 bits per heavy atom. The van der Waals surface area contributed by atoms with Crippen LogP contribution in [0.25, 0.3) is 0 Å². The molecule has 0 saturated heterocycles. The van der Waals surface area contributed by atoms with Crippen molar-refractivity contribution in [2.24, 2.45) is 0 Å². The molecule has 0 amide bonds. The first-order valence-electron chi connectivity index (χ1n) is 3.16. The highest BCUT2D eigenvalue weighted by atomic mass is 19.1. The largest absolute Gasteiger partial charge is 0.479 e. The molecule has 10 heavy (non-hydrogen) atoms. The number of carboxylic acids is 1. The maximum atomic E-state index is 12.2. The molecule has 1 atom stereocenters. The second-order valence-electron chi connectivity index (χ2n) is 2.03. The summed E-state index contributed by atoms with van der Waals surface area (Å²) >= 11 is 0. The molecule has 0 fully saturated rings. The van der Waals surface area contributed by atoms with E-state index < -0.39 is 12.1 Å². The lowest BCUT2D eigenvalue weighted by atomic mass is 10.2. The summed E-state index contributed by atoms with van der Waals surface area (Å²) in [5.74, 6) is -1.37. The van der Waals surface area contributed by atoms with Crippen LogP contribution in [0.5, 0.6) is 0 Å². The molecule has 0 unspecified atom stereocenters. The zero-order chi connectivity index (χ0) is 7.98. The second-order valence-corrected chi connectivity index (χ2v) is 2.03. The number of unbranched alkanes of at least 4 members (excludes halogenated alkanes) is 1. The third kappa shape index (κ3) is 4.06. The predicted octanol–water partition coefficient (Wildman–Crippen LogP) is 1.77. The van der Waals surface area contributed by atoms with Gasteiger partial charge < -0.3 is 5.11 Å². The molecular weight excluding hydrogens is 135 g/mol. The van der Waals surface area contributed by atoms with Gasteiger partial charge in [0.05, 0.1) is 0 Å². The monoisotopic (exact) mass is 146 g/mol. The molecule has 2 nitrogen and oxygen atoms in total. The predicted molar refractivity (Wildman–Crippen MR) is 36.6 cm³/mol. The molecule has 0 radical (unpaired) electrons. The van der Waals surface area contributed by atoms with Crippen molar-refractivity contribution in [2.45, 2.75) is 25.4 Å². The number of allylic oxidation sites excluding steroid dienone is 1. The van der Waals surface area contributed by atoms with Crippen molar-refractivity contribution in [3.8, 4) is 0 Å². The molecular formula is C7H11FO2. The van der Waals surface area contributed by atoms with Crippen molar-refractivity contribution in [3.63, 3.8) is 0 Å². The first-order chi connectivity index (χ1) is 4.68. The average Bonchev–Trinajstić information content (AvgIpc) is 1.88. The Balaban J connectivity index is 3.30. The molecule has 0 rings (SSSR count). The summed E-state index contributed by atoms with van der Waals surface area (Å²) in [4.78, 5) is 9.89. The Morgan fingerprint density at radius 2 is 2.40 bits per heavy atom. The van der Waals surface area contributed by atoms with Gasteiger partial charge >= 0.3 is 5.97 Å². The lowest BCUT2D eigenvalue weighted by molar-refractivity contribution is -0.143. The normalized spacial score (nSPS) is 12.5. The number of hydrogen-bond donors (Lipinski definition) is 1. The molecule has 0 heterocycles. The quantitative estimate of drug-likeness (QED) is 0.474. The van der Waals surface area contributed by atoms with Gasteiger partial charge in [-0.15, -0.1) is 6.58 Å². The van der Waals surface area contributed by atoms with E-state index in [0.717, 1.165) is 0 Å². The van der Waals surface area contributed by atoms with E-state index in [-0.39, 0.29) is 6.42 Å². The van der Waals surface area contributed by atoms with E-state index in [2.05, 4.69) is 6.58 Å². The van der Waals surface area contributed by atoms with Crippen molar-refractivity contribution in [2.75, 3.05) is 0 Å². The van der Waals surface area contributed by atoms with Gasteiger partial charge in [0.25, 0.3) is 0 Å². The van der Waals surface area contributed by atoms with E-state index in [4.69, 9.17) is 5.11 Å². The second kappa shape index (κ2) is 4.97. The number of rotatable bonds is 5. The standard InChI is InChI=1S/C7H11FO2/c1-2-3-4-5-6(8)7(9)10/h2,6H,1,3-5H2,(H,9,10)/t6-/m1/s1. The van der Waals surface area contributed by atoms with Crippen molar-refractivity contribution < 1.29 is 14.3 Å². The third-order valence-electron chi connectivity index (χ3n) is 1.13. The summed E-state index contributed by atoms with van der Waals surface area (Å²) in [6, 6.07) is 0. The number of alkyl halides is 1.